The van der Waals surface area contributed by atoms with Crippen LogP contribution in [0.1, 0.15) is 0 Å². The first-order valence-electron chi connectivity index (χ1n) is 3.43. The number of ether oxygens (including phenoxy) is 1. The number of morpholine rings is 1. The summed E-state index contributed by atoms with van der Waals surface area (Å²) in [6.45, 7) is 4.71. The van der Waals surface area contributed by atoms with Crippen LogP contribution in [0.2, 0.25) is 0 Å². The molecule has 0 aromatic carbocycles. The number of thiol groups is 1. The maximum atomic E-state index is 5.21. The summed E-state index contributed by atoms with van der Waals surface area (Å²) >= 11 is 3.99. The fraction of sp³-hybridized carbons (Fsp3) is 1.00. The van der Waals surface area contributed by atoms with Gasteiger partial charge in [-0.2, -0.15) is 0 Å². The molecule has 1 fully saturated rings. The Bertz CT molecular complexity index is 99.7. The van der Waals surface area contributed by atoms with Crippen LogP contribution in [-0.2, 0) is 4.74 Å². The average Bonchev–Trinajstić information content (AvgIpc) is 2.07. The Morgan fingerprint density at radius 2 is 2.18 bits per heavy atom. The molecule has 66 valence electrons. The molecule has 0 aromatic rings. The molecule has 0 spiro atoms. The zero-order chi connectivity index (χ0) is 7.94. The quantitative estimate of drug-likeness (QED) is 0.314. The summed E-state index contributed by atoms with van der Waals surface area (Å²) in [5.41, 5.74) is 0. The van der Waals surface area contributed by atoms with Gasteiger partial charge in [-0.1, -0.05) is 11.7 Å². The third-order valence-electron chi connectivity index (χ3n) is 1.49. The molecule has 0 atom stereocenters. The Morgan fingerprint density at radius 3 is 2.82 bits per heavy atom. The van der Waals surface area contributed by atoms with E-state index in [4.69, 9.17) is 4.74 Å². The number of rotatable bonds is 4. The Hall–Kier alpha value is 0.930. The largest absolute Gasteiger partial charge is 0.379 e. The van der Waals surface area contributed by atoms with Gasteiger partial charge < -0.3 is 4.74 Å². The van der Waals surface area contributed by atoms with Gasteiger partial charge in [0.2, 0.25) is 0 Å². The summed E-state index contributed by atoms with van der Waals surface area (Å²) < 4.78 is 8.39. The number of nitrogens with one attached hydrogen (secondary N) is 1. The SMILES string of the molecule is SSSNCN1CCOCC1. The molecular formula is C5H12N2OS3. The van der Waals surface area contributed by atoms with Crippen molar-refractivity contribution in [2.75, 3.05) is 33.0 Å². The van der Waals surface area contributed by atoms with Gasteiger partial charge in [-0.05, 0) is 9.83 Å². The van der Waals surface area contributed by atoms with Crippen molar-refractivity contribution in [2.45, 2.75) is 0 Å². The van der Waals surface area contributed by atoms with E-state index in [1.807, 2.05) is 0 Å². The smallest absolute Gasteiger partial charge is 0.0594 e. The molecule has 1 heterocycles. The van der Waals surface area contributed by atoms with Gasteiger partial charge in [-0.15, -0.1) is 0 Å². The molecule has 1 rings (SSSR count). The predicted octanol–water partition coefficient (Wildman–Crippen LogP) is 1.01. The molecule has 1 aliphatic heterocycles. The third-order valence-corrected chi connectivity index (χ3v) is 3.06. The second-order valence-electron chi connectivity index (χ2n) is 2.19. The molecule has 0 unspecified atom stereocenters. The lowest BCUT2D eigenvalue weighted by molar-refractivity contribution is 0.0375. The van der Waals surface area contributed by atoms with E-state index >= 15 is 0 Å². The van der Waals surface area contributed by atoms with Crippen LogP contribution >= 0.6 is 32.5 Å². The van der Waals surface area contributed by atoms with Crippen molar-refractivity contribution >= 4 is 32.5 Å². The summed E-state index contributed by atoms with van der Waals surface area (Å²) in [6.07, 6.45) is 0. The molecule has 11 heavy (non-hydrogen) atoms. The highest BCUT2D eigenvalue weighted by molar-refractivity contribution is 9.05. The van der Waals surface area contributed by atoms with Gasteiger partial charge in [0.1, 0.15) is 0 Å². The van der Waals surface area contributed by atoms with Crippen molar-refractivity contribution in [2.24, 2.45) is 0 Å². The molecule has 0 saturated carbocycles. The lowest BCUT2D eigenvalue weighted by Crippen LogP contribution is -2.40. The van der Waals surface area contributed by atoms with Gasteiger partial charge in [0, 0.05) is 24.1 Å². The van der Waals surface area contributed by atoms with E-state index in [-0.39, 0.29) is 0 Å². The number of hydrogen-bond donors (Lipinski definition) is 2. The molecular weight excluding hydrogens is 200 g/mol. The fourth-order valence-corrected chi connectivity index (χ4v) is 1.98. The van der Waals surface area contributed by atoms with Gasteiger partial charge in [-0.25, -0.2) is 4.72 Å². The topological polar surface area (TPSA) is 24.5 Å². The molecule has 3 nitrogen and oxygen atoms in total. The Kier molecular flexibility index (Phi) is 5.87. The molecule has 0 aliphatic carbocycles. The summed E-state index contributed by atoms with van der Waals surface area (Å²) in [5, 5.41) is 0. The summed E-state index contributed by atoms with van der Waals surface area (Å²) in [7, 11) is 2.98. The summed E-state index contributed by atoms with van der Waals surface area (Å²) in [6, 6.07) is 0. The van der Waals surface area contributed by atoms with E-state index in [0.717, 1.165) is 33.0 Å². The van der Waals surface area contributed by atoms with Crippen LogP contribution < -0.4 is 4.72 Å². The maximum Gasteiger partial charge on any atom is 0.0594 e. The second-order valence-corrected chi connectivity index (χ2v) is 5.08. The second kappa shape index (κ2) is 6.45. The van der Waals surface area contributed by atoms with Crippen molar-refractivity contribution in [3.8, 4) is 0 Å². The monoisotopic (exact) mass is 212 g/mol. The van der Waals surface area contributed by atoms with Gasteiger partial charge in [0.25, 0.3) is 0 Å². The third kappa shape index (κ3) is 4.49. The van der Waals surface area contributed by atoms with Gasteiger partial charge in [0.15, 0.2) is 0 Å². The Balaban J connectivity index is 1.96. The highest BCUT2D eigenvalue weighted by Gasteiger charge is 2.08. The fourth-order valence-electron chi connectivity index (χ4n) is 0.903. The zero-order valence-electron chi connectivity index (χ0n) is 6.15. The molecule has 0 amide bonds. The molecule has 1 N–H and O–H groups in total. The van der Waals surface area contributed by atoms with Crippen molar-refractivity contribution in [1.82, 2.24) is 9.62 Å². The Labute approximate surface area is 80.0 Å². The minimum Gasteiger partial charge on any atom is -0.379 e. The average molecular weight is 212 g/mol. The van der Waals surface area contributed by atoms with Crippen molar-refractivity contribution in [3.05, 3.63) is 0 Å². The first-order valence-corrected chi connectivity index (χ1v) is 6.64. The normalized spacial score (nSPS) is 20.5. The minimum atomic E-state index is 0.861. The van der Waals surface area contributed by atoms with Crippen LogP contribution in [0.4, 0.5) is 0 Å². The van der Waals surface area contributed by atoms with E-state index < -0.39 is 0 Å². The summed E-state index contributed by atoms with van der Waals surface area (Å²) in [4.78, 5) is 2.32. The Morgan fingerprint density at radius 1 is 1.45 bits per heavy atom. The van der Waals surface area contributed by atoms with E-state index in [9.17, 15) is 0 Å². The van der Waals surface area contributed by atoms with Crippen LogP contribution in [0.15, 0.2) is 0 Å². The van der Waals surface area contributed by atoms with Crippen LogP contribution in [-0.4, -0.2) is 37.9 Å². The zero-order valence-corrected chi connectivity index (χ0v) is 8.68. The first kappa shape index (κ1) is 10.0. The van der Waals surface area contributed by atoms with E-state index in [1.54, 1.807) is 11.0 Å². The van der Waals surface area contributed by atoms with Crippen LogP contribution in [0.3, 0.4) is 0 Å². The van der Waals surface area contributed by atoms with E-state index in [1.165, 1.54) is 9.83 Å². The lowest BCUT2D eigenvalue weighted by Gasteiger charge is -2.26. The maximum absolute atomic E-state index is 5.21. The van der Waals surface area contributed by atoms with E-state index in [2.05, 4.69) is 21.3 Å². The molecule has 0 bridgehead atoms. The van der Waals surface area contributed by atoms with Crippen LogP contribution in [0, 0.1) is 0 Å². The summed E-state index contributed by atoms with van der Waals surface area (Å²) in [5.74, 6) is 0. The number of hydrogen-bond acceptors (Lipinski definition) is 6. The molecule has 6 heteroatoms. The molecule has 0 aromatic heterocycles. The highest BCUT2D eigenvalue weighted by atomic mass is 33.5. The van der Waals surface area contributed by atoms with Crippen molar-refractivity contribution in [1.29, 1.82) is 0 Å². The predicted molar refractivity (Wildman–Crippen MR) is 54.6 cm³/mol. The van der Waals surface area contributed by atoms with E-state index in [0.29, 0.717) is 0 Å². The molecule has 0 radical (unpaired) electrons. The molecule has 1 aliphatic rings. The lowest BCUT2D eigenvalue weighted by atomic mass is 10.5. The highest BCUT2D eigenvalue weighted by Crippen LogP contribution is 2.20. The minimum absolute atomic E-state index is 0.861. The van der Waals surface area contributed by atoms with Crippen LogP contribution in [0.25, 0.3) is 0 Å². The standard InChI is InChI=1S/C5H12N2OS3/c9-11-10-6-5-7-1-3-8-4-2-7/h6,9H,1-5H2. The van der Waals surface area contributed by atoms with Crippen LogP contribution in [0.5, 0.6) is 0 Å². The first-order chi connectivity index (χ1) is 5.43. The van der Waals surface area contributed by atoms with Crippen molar-refractivity contribution < 1.29 is 4.74 Å². The van der Waals surface area contributed by atoms with Gasteiger partial charge in [0.05, 0.1) is 19.9 Å². The molecule has 1 saturated heterocycles. The van der Waals surface area contributed by atoms with Gasteiger partial charge in [-0.3, -0.25) is 4.90 Å². The van der Waals surface area contributed by atoms with Gasteiger partial charge >= 0.3 is 0 Å². The number of nitrogens with zero attached hydrogens (tertiary/aromatic N) is 1. The van der Waals surface area contributed by atoms with Crippen molar-refractivity contribution in [3.63, 3.8) is 0 Å².